The summed E-state index contributed by atoms with van der Waals surface area (Å²) in [4.78, 5) is 41.7. The highest BCUT2D eigenvalue weighted by atomic mass is 35.5. The van der Waals surface area contributed by atoms with E-state index in [0.717, 1.165) is 17.7 Å². The molecule has 2 aliphatic heterocycles. The van der Waals surface area contributed by atoms with E-state index in [9.17, 15) is 14.4 Å². The predicted molar refractivity (Wildman–Crippen MR) is 128 cm³/mol. The number of hydrogen-bond donors (Lipinski definition) is 1. The average Bonchev–Trinajstić information content (AvgIpc) is 3.26. The standard InChI is InChI=1S/C24H24ClN3O3S/c1-16(10-11-17-6-3-2-4-7-17)26-21(29)15-27-20-12-13-32-22(20)23(30)28(24(27)31)19-9-5-8-18(25)14-19/h2-9,12-14,16,20,22H,10-11,15H2,1H3,(H,26,29). The van der Waals surface area contributed by atoms with Crippen molar-refractivity contribution in [1.29, 1.82) is 0 Å². The van der Waals surface area contributed by atoms with Crippen molar-refractivity contribution in [2.24, 2.45) is 0 Å². The fourth-order valence-corrected chi connectivity index (χ4v) is 5.17. The SMILES string of the molecule is CC(CCc1ccccc1)NC(=O)CN1C(=O)N(c2cccc(Cl)c2)C(=O)C2SC=CC21. The van der Waals surface area contributed by atoms with E-state index in [2.05, 4.69) is 17.4 Å². The van der Waals surface area contributed by atoms with Crippen molar-refractivity contribution in [2.75, 3.05) is 11.4 Å². The van der Waals surface area contributed by atoms with Crippen LogP contribution in [0.15, 0.2) is 66.1 Å². The van der Waals surface area contributed by atoms with Gasteiger partial charge < -0.3 is 10.2 Å². The minimum absolute atomic E-state index is 0.0439. The molecule has 0 saturated carbocycles. The van der Waals surface area contributed by atoms with Crippen molar-refractivity contribution < 1.29 is 14.4 Å². The Morgan fingerprint density at radius 1 is 1.16 bits per heavy atom. The van der Waals surface area contributed by atoms with E-state index in [1.807, 2.05) is 36.6 Å². The van der Waals surface area contributed by atoms with Crippen molar-refractivity contribution in [1.82, 2.24) is 10.2 Å². The smallest absolute Gasteiger partial charge is 0.332 e. The van der Waals surface area contributed by atoms with Crippen LogP contribution in [-0.2, 0) is 16.0 Å². The van der Waals surface area contributed by atoms with E-state index in [1.165, 1.54) is 22.2 Å². The summed E-state index contributed by atoms with van der Waals surface area (Å²) in [6, 6.07) is 15.7. The number of fused-ring (bicyclic) bond motifs is 1. The number of anilines is 1. The number of aryl methyl sites for hydroxylation is 1. The van der Waals surface area contributed by atoms with E-state index < -0.39 is 17.3 Å². The Morgan fingerprint density at radius 2 is 1.94 bits per heavy atom. The summed E-state index contributed by atoms with van der Waals surface area (Å²) in [5.41, 5.74) is 1.62. The summed E-state index contributed by atoms with van der Waals surface area (Å²) in [7, 11) is 0. The average molecular weight is 470 g/mol. The molecular weight excluding hydrogens is 446 g/mol. The Morgan fingerprint density at radius 3 is 2.69 bits per heavy atom. The quantitative estimate of drug-likeness (QED) is 0.658. The van der Waals surface area contributed by atoms with Crippen LogP contribution < -0.4 is 10.2 Å². The molecule has 6 nitrogen and oxygen atoms in total. The van der Waals surface area contributed by atoms with E-state index in [0.29, 0.717) is 10.7 Å². The first-order valence-corrected chi connectivity index (χ1v) is 11.8. The monoisotopic (exact) mass is 469 g/mol. The summed E-state index contributed by atoms with van der Waals surface area (Å²) in [5, 5.41) is 4.75. The van der Waals surface area contributed by atoms with Crippen molar-refractivity contribution in [3.8, 4) is 0 Å². The number of benzene rings is 2. The topological polar surface area (TPSA) is 69.7 Å². The number of nitrogens with zero attached hydrogens (tertiary/aromatic N) is 2. The normalized spacial score (nSPS) is 20.9. The highest BCUT2D eigenvalue weighted by Gasteiger charge is 2.48. The van der Waals surface area contributed by atoms with Gasteiger partial charge in [-0.05, 0) is 48.9 Å². The van der Waals surface area contributed by atoms with Crippen LogP contribution in [0.3, 0.4) is 0 Å². The number of halogens is 1. The van der Waals surface area contributed by atoms with Gasteiger partial charge in [0, 0.05) is 11.1 Å². The van der Waals surface area contributed by atoms with E-state index in [1.54, 1.807) is 24.3 Å². The minimum Gasteiger partial charge on any atom is -0.352 e. The van der Waals surface area contributed by atoms with Gasteiger partial charge in [-0.2, -0.15) is 0 Å². The number of thioether (sulfide) groups is 1. The molecule has 2 aromatic rings. The summed E-state index contributed by atoms with van der Waals surface area (Å²) in [6.07, 6.45) is 3.46. The van der Waals surface area contributed by atoms with Crippen LogP contribution >= 0.6 is 23.4 Å². The first-order chi connectivity index (χ1) is 15.4. The first kappa shape index (κ1) is 22.4. The third kappa shape index (κ3) is 4.84. The zero-order chi connectivity index (χ0) is 22.7. The molecule has 2 aromatic carbocycles. The van der Waals surface area contributed by atoms with E-state index in [4.69, 9.17) is 11.6 Å². The third-order valence-electron chi connectivity index (χ3n) is 5.57. The molecule has 32 heavy (non-hydrogen) atoms. The molecule has 0 aliphatic carbocycles. The Hall–Kier alpha value is -2.77. The van der Waals surface area contributed by atoms with Crippen LogP contribution in [-0.4, -0.2) is 46.6 Å². The van der Waals surface area contributed by atoms with Crippen LogP contribution in [0.5, 0.6) is 0 Å². The molecule has 0 radical (unpaired) electrons. The summed E-state index contributed by atoms with van der Waals surface area (Å²) >= 11 is 7.44. The predicted octanol–water partition coefficient (Wildman–Crippen LogP) is 4.24. The van der Waals surface area contributed by atoms with Crippen molar-refractivity contribution >= 4 is 46.9 Å². The Bertz CT molecular complexity index is 1050. The molecule has 166 valence electrons. The van der Waals surface area contributed by atoms with Gasteiger partial charge in [0.15, 0.2) is 0 Å². The Kier molecular flexibility index (Phi) is 6.86. The van der Waals surface area contributed by atoms with Crippen LogP contribution in [0, 0.1) is 0 Å². The highest BCUT2D eigenvalue weighted by molar-refractivity contribution is 8.03. The maximum Gasteiger partial charge on any atom is 0.332 e. The lowest BCUT2D eigenvalue weighted by molar-refractivity contribution is -0.124. The number of imide groups is 1. The molecule has 1 N–H and O–H groups in total. The molecule has 0 bridgehead atoms. The Labute approximate surface area is 196 Å². The lowest BCUT2D eigenvalue weighted by atomic mass is 10.1. The van der Waals surface area contributed by atoms with Gasteiger partial charge >= 0.3 is 6.03 Å². The highest BCUT2D eigenvalue weighted by Crippen LogP contribution is 2.36. The van der Waals surface area contributed by atoms with Gasteiger partial charge in [0.25, 0.3) is 5.91 Å². The number of hydrogen-bond acceptors (Lipinski definition) is 4. The van der Waals surface area contributed by atoms with Crippen LogP contribution in [0.4, 0.5) is 10.5 Å². The molecule has 2 heterocycles. The van der Waals surface area contributed by atoms with Gasteiger partial charge in [0.2, 0.25) is 5.91 Å². The molecule has 3 unspecified atom stereocenters. The lowest BCUT2D eigenvalue weighted by Crippen LogP contribution is -2.63. The van der Waals surface area contributed by atoms with Crippen molar-refractivity contribution in [3.05, 3.63) is 76.7 Å². The molecule has 0 spiro atoms. The number of carbonyl (C=O) groups excluding carboxylic acids is 3. The van der Waals surface area contributed by atoms with Crippen LogP contribution in [0.25, 0.3) is 0 Å². The van der Waals surface area contributed by atoms with Crippen LogP contribution in [0.1, 0.15) is 18.9 Å². The maximum absolute atomic E-state index is 13.3. The van der Waals surface area contributed by atoms with Gasteiger partial charge in [-0.15, -0.1) is 11.8 Å². The molecule has 0 aromatic heterocycles. The van der Waals surface area contributed by atoms with E-state index >= 15 is 0 Å². The van der Waals surface area contributed by atoms with Gasteiger partial charge in [-0.3, -0.25) is 9.59 Å². The molecular formula is C24H24ClN3O3S. The second kappa shape index (κ2) is 9.79. The van der Waals surface area contributed by atoms with Crippen molar-refractivity contribution in [3.63, 3.8) is 0 Å². The molecule has 4 amide bonds. The van der Waals surface area contributed by atoms with Crippen molar-refractivity contribution in [2.45, 2.75) is 37.1 Å². The maximum atomic E-state index is 13.3. The number of urea groups is 1. The minimum atomic E-state index is -0.516. The zero-order valence-electron chi connectivity index (χ0n) is 17.6. The molecule has 2 aliphatic rings. The van der Waals surface area contributed by atoms with E-state index in [-0.39, 0.29) is 24.4 Å². The molecule has 4 rings (SSSR count). The molecule has 1 fully saturated rings. The molecule has 8 heteroatoms. The number of rotatable bonds is 7. The second-order valence-corrected chi connectivity index (χ2v) is 9.42. The third-order valence-corrected chi connectivity index (χ3v) is 6.89. The second-order valence-electron chi connectivity index (χ2n) is 7.93. The van der Waals surface area contributed by atoms with Crippen LogP contribution in [0.2, 0.25) is 5.02 Å². The largest absolute Gasteiger partial charge is 0.352 e. The number of carbonyl (C=O) groups is 3. The molecule has 3 atom stereocenters. The Balaban J connectivity index is 1.44. The van der Waals surface area contributed by atoms with Gasteiger partial charge in [0.1, 0.15) is 11.8 Å². The zero-order valence-corrected chi connectivity index (χ0v) is 19.2. The summed E-state index contributed by atoms with van der Waals surface area (Å²) in [6.45, 7) is 1.83. The first-order valence-electron chi connectivity index (χ1n) is 10.5. The fraction of sp³-hybridized carbons (Fsp3) is 0.292. The summed E-state index contributed by atoms with van der Waals surface area (Å²) in [5.74, 6) is -0.548. The van der Waals surface area contributed by atoms with Gasteiger partial charge in [0.05, 0.1) is 11.7 Å². The fourth-order valence-electron chi connectivity index (χ4n) is 3.94. The lowest BCUT2D eigenvalue weighted by Gasteiger charge is -2.41. The molecule has 1 saturated heterocycles. The number of amides is 4. The van der Waals surface area contributed by atoms with Gasteiger partial charge in [-0.25, -0.2) is 9.69 Å². The van der Waals surface area contributed by atoms with Gasteiger partial charge in [-0.1, -0.05) is 54.1 Å². The summed E-state index contributed by atoms with van der Waals surface area (Å²) < 4.78 is 0. The number of nitrogens with one attached hydrogen (secondary N) is 1.